The van der Waals surface area contributed by atoms with Gasteiger partial charge in [-0.2, -0.15) is 0 Å². The average Bonchev–Trinajstić information content (AvgIpc) is 2.59. The minimum atomic E-state index is -0.238. The highest BCUT2D eigenvalue weighted by Crippen LogP contribution is 2.39. The maximum Gasteiger partial charge on any atom is 0.134 e. The number of allylic oxidation sites excluding steroid dienone is 1. The van der Waals surface area contributed by atoms with Crippen LogP contribution in [-0.4, -0.2) is 18.3 Å². The summed E-state index contributed by atoms with van der Waals surface area (Å²) in [6, 6.07) is 11.7. The minimum Gasteiger partial charge on any atom is -0.363 e. The number of anilines is 1. The van der Waals surface area contributed by atoms with Gasteiger partial charge in [0.25, 0.3) is 0 Å². The van der Waals surface area contributed by atoms with E-state index in [9.17, 15) is 4.39 Å². The molecule has 0 fully saturated rings. The van der Waals surface area contributed by atoms with Crippen molar-refractivity contribution in [1.29, 1.82) is 0 Å². The summed E-state index contributed by atoms with van der Waals surface area (Å²) in [5.41, 5.74) is 5.79. The lowest BCUT2D eigenvalue weighted by Crippen LogP contribution is -2.45. The van der Waals surface area contributed by atoms with E-state index in [0.29, 0.717) is 5.56 Å². The lowest BCUT2D eigenvalue weighted by molar-refractivity contribution is 0.561. The second kappa shape index (κ2) is 7.20. The molecule has 0 amide bonds. The molecule has 0 bridgehead atoms. The number of likely N-dealkylation sites (N-methyl/N-ethyl adjacent to an activating group) is 1. The molecule has 0 radical (unpaired) electrons. The van der Waals surface area contributed by atoms with Crippen LogP contribution < -0.4 is 4.90 Å². The lowest BCUT2D eigenvalue weighted by Gasteiger charge is -2.42. The first-order chi connectivity index (χ1) is 13.0. The summed E-state index contributed by atoms with van der Waals surface area (Å²) in [7, 11) is 0. The van der Waals surface area contributed by atoms with Crippen LogP contribution in [0.25, 0.3) is 5.57 Å². The molecule has 2 aromatic rings. The van der Waals surface area contributed by atoms with E-state index in [1.54, 1.807) is 12.3 Å². The molecule has 0 saturated carbocycles. The zero-order valence-electron chi connectivity index (χ0n) is 18.1. The Hall–Kier alpha value is -2.42. The molecule has 0 N–H and O–H groups in total. The molecule has 0 unspecified atom stereocenters. The van der Waals surface area contributed by atoms with Crippen molar-refractivity contribution in [2.24, 2.45) is 4.99 Å². The summed E-state index contributed by atoms with van der Waals surface area (Å²) in [4.78, 5) is 6.74. The maximum absolute atomic E-state index is 14.9. The Morgan fingerprint density at radius 1 is 1.11 bits per heavy atom. The molecule has 0 aromatic heterocycles. The van der Waals surface area contributed by atoms with Crippen LogP contribution in [-0.2, 0) is 5.41 Å². The second-order valence-corrected chi connectivity index (χ2v) is 9.17. The van der Waals surface area contributed by atoms with Gasteiger partial charge in [0.1, 0.15) is 5.82 Å². The molecule has 2 aromatic carbocycles. The van der Waals surface area contributed by atoms with E-state index in [1.165, 1.54) is 11.1 Å². The number of hydrogen-bond donors (Lipinski definition) is 0. The zero-order valence-corrected chi connectivity index (χ0v) is 18.1. The summed E-state index contributed by atoms with van der Waals surface area (Å²) in [5.74, 6) is -0.238. The van der Waals surface area contributed by atoms with Crippen molar-refractivity contribution in [2.45, 2.75) is 59.4 Å². The quantitative estimate of drug-likeness (QED) is 0.531. The third kappa shape index (κ3) is 3.89. The molecule has 148 valence electrons. The molecule has 3 heteroatoms. The van der Waals surface area contributed by atoms with Gasteiger partial charge in [0.05, 0.1) is 11.2 Å². The highest BCUT2D eigenvalue weighted by molar-refractivity contribution is 5.89. The SMILES string of the molecule is CCN1c2cc(F)c(C=Nc3ccc(C(C)(C)C)cc3)cc2C(C)=CC1(C)C. The van der Waals surface area contributed by atoms with Gasteiger partial charge in [0.2, 0.25) is 0 Å². The van der Waals surface area contributed by atoms with Crippen molar-refractivity contribution >= 4 is 23.2 Å². The maximum atomic E-state index is 14.9. The summed E-state index contributed by atoms with van der Waals surface area (Å²) >= 11 is 0. The van der Waals surface area contributed by atoms with E-state index in [1.807, 2.05) is 18.2 Å². The number of nitrogens with zero attached hydrogens (tertiary/aromatic N) is 2. The minimum absolute atomic E-state index is 0.107. The van der Waals surface area contributed by atoms with E-state index in [4.69, 9.17) is 0 Å². The number of halogens is 1. The topological polar surface area (TPSA) is 15.6 Å². The predicted molar refractivity (Wildman–Crippen MR) is 120 cm³/mol. The van der Waals surface area contributed by atoms with E-state index in [0.717, 1.165) is 23.5 Å². The Kier molecular flexibility index (Phi) is 5.22. The number of rotatable bonds is 3. The number of benzene rings is 2. The Morgan fingerprint density at radius 2 is 1.75 bits per heavy atom. The Labute approximate surface area is 168 Å². The first kappa shape index (κ1) is 20.3. The van der Waals surface area contributed by atoms with Crippen molar-refractivity contribution in [3.8, 4) is 0 Å². The normalized spacial score (nSPS) is 16.3. The fourth-order valence-electron chi connectivity index (χ4n) is 3.98. The molecule has 3 rings (SSSR count). The lowest BCUT2D eigenvalue weighted by atomic mass is 9.87. The molecule has 0 spiro atoms. The molecule has 1 heterocycles. The molecule has 2 nitrogen and oxygen atoms in total. The van der Waals surface area contributed by atoms with E-state index in [2.05, 4.69) is 76.6 Å². The molecule has 0 atom stereocenters. The molecular weight excluding hydrogens is 347 g/mol. The molecule has 0 aliphatic carbocycles. The van der Waals surface area contributed by atoms with Crippen LogP contribution in [0.15, 0.2) is 47.5 Å². The van der Waals surface area contributed by atoms with Gasteiger partial charge in [0.15, 0.2) is 0 Å². The van der Waals surface area contributed by atoms with Crippen molar-refractivity contribution in [3.05, 3.63) is 65.0 Å². The first-order valence-electron chi connectivity index (χ1n) is 9.98. The second-order valence-electron chi connectivity index (χ2n) is 9.17. The van der Waals surface area contributed by atoms with E-state index in [-0.39, 0.29) is 16.8 Å². The predicted octanol–water partition coefficient (Wildman–Crippen LogP) is 6.90. The summed E-state index contributed by atoms with van der Waals surface area (Å²) in [6.07, 6.45) is 3.88. The van der Waals surface area contributed by atoms with Crippen LogP contribution in [0.5, 0.6) is 0 Å². The Bertz CT molecular complexity index is 928. The van der Waals surface area contributed by atoms with Crippen LogP contribution in [0.3, 0.4) is 0 Å². The fraction of sp³-hybridized carbons (Fsp3) is 0.400. The number of aliphatic imine (C=N–C) groups is 1. The third-order valence-corrected chi connectivity index (χ3v) is 5.50. The van der Waals surface area contributed by atoms with Crippen LogP contribution in [0.1, 0.15) is 65.2 Å². The van der Waals surface area contributed by atoms with Crippen LogP contribution in [0.2, 0.25) is 0 Å². The van der Waals surface area contributed by atoms with Gasteiger partial charge in [-0.25, -0.2) is 4.39 Å². The fourth-order valence-corrected chi connectivity index (χ4v) is 3.98. The summed E-state index contributed by atoms with van der Waals surface area (Å²) in [5, 5.41) is 0. The summed E-state index contributed by atoms with van der Waals surface area (Å²) in [6.45, 7) is 15.9. The average molecular weight is 379 g/mol. The Balaban J connectivity index is 1.95. The molecule has 0 saturated heterocycles. The number of hydrogen-bond acceptors (Lipinski definition) is 2. The van der Waals surface area contributed by atoms with Crippen molar-refractivity contribution in [2.75, 3.05) is 11.4 Å². The van der Waals surface area contributed by atoms with Gasteiger partial charge >= 0.3 is 0 Å². The van der Waals surface area contributed by atoms with Crippen molar-refractivity contribution < 1.29 is 4.39 Å². The highest BCUT2D eigenvalue weighted by Gasteiger charge is 2.30. The third-order valence-electron chi connectivity index (χ3n) is 5.50. The van der Waals surface area contributed by atoms with Gasteiger partial charge in [-0.3, -0.25) is 4.99 Å². The van der Waals surface area contributed by atoms with Crippen molar-refractivity contribution in [3.63, 3.8) is 0 Å². The van der Waals surface area contributed by atoms with E-state index < -0.39 is 0 Å². The van der Waals surface area contributed by atoms with Gasteiger partial charge in [-0.05, 0) is 68.5 Å². The molecular formula is C25H31FN2. The van der Waals surface area contributed by atoms with E-state index >= 15 is 0 Å². The van der Waals surface area contributed by atoms with Gasteiger partial charge in [0, 0.05) is 29.6 Å². The van der Waals surface area contributed by atoms with Crippen LogP contribution in [0, 0.1) is 5.82 Å². The standard InChI is InChI=1S/C25H31FN2/c1-8-28-23-14-22(26)18(13-21(23)17(2)15-25(28,6)7)16-27-20-11-9-19(10-12-20)24(3,4)5/h9-16H,8H2,1-7H3. The van der Waals surface area contributed by atoms with Gasteiger partial charge in [-0.15, -0.1) is 0 Å². The number of fused-ring (bicyclic) bond motifs is 1. The zero-order chi connectivity index (χ0) is 20.7. The molecule has 28 heavy (non-hydrogen) atoms. The monoisotopic (exact) mass is 378 g/mol. The van der Waals surface area contributed by atoms with Gasteiger partial charge < -0.3 is 4.90 Å². The molecule has 1 aliphatic rings. The van der Waals surface area contributed by atoms with Crippen LogP contribution >= 0.6 is 0 Å². The first-order valence-corrected chi connectivity index (χ1v) is 9.98. The van der Waals surface area contributed by atoms with Crippen LogP contribution in [0.4, 0.5) is 15.8 Å². The summed E-state index contributed by atoms with van der Waals surface area (Å²) < 4.78 is 14.9. The smallest absolute Gasteiger partial charge is 0.134 e. The Morgan fingerprint density at radius 3 is 2.32 bits per heavy atom. The largest absolute Gasteiger partial charge is 0.363 e. The molecule has 1 aliphatic heterocycles. The van der Waals surface area contributed by atoms with Crippen molar-refractivity contribution in [1.82, 2.24) is 0 Å². The van der Waals surface area contributed by atoms with Gasteiger partial charge in [-0.1, -0.05) is 39.0 Å². The highest BCUT2D eigenvalue weighted by atomic mass is 19.1.